The zero-order chi connectivity index (χ0) is 16.3. The molecule has 7 heteroatoms. The van der Waals surface area contributed by atoms with Crippen molar-refractivity contribution in [2.24, 2.45) is 5.41 Å². The maximum absolute atomic E-state index is 13.4. The molecule has 2 N–H and O–H groups in total. The van der Waals surface area contributed by atoms with Gasteiger partial charge in [0.2, 0.25) is 0 Å². The first-order valence-electron chi connectivity index (χ1n) is 7.26. The van der Waals surface area contributed by atoms with Crippen LogP contribution in [0, 0.1) is 21.3 Å². The number of amides is 1. The quantitative estimate of drug-likeness (QED) is 0.660. The lowest BCUT2D eigenvalue weighted by atomic mass is 9.77. The van der Waals surface area contributed by atoms with Crippen LogP contribution < -0.4 is 10.6 Å². The molecule has 1 unspecified atom stereocenters. The summed E-state index contributed by atoms with van der Waals surface area (Å²) >= 11 is 0. The Morgan fingerprint density at radius 1 is 1.50 bits per heavy atom. The van der Waals surface area contributed by atoms with Gasteiger partial charge in [0.15, 0.2) is 0 Å². The molecule has 22 heavy (non-hydrogen) atoms. The van der Waals surface area contributed by atoms with Gasteiger partial charge in [-0.15, -0.1) is 0 Å². The van der Waals surface area contributed by atoms with Gasteiger partial charge in [0.05, 0.1) is 11.0 Å². The first kappa shape index (κ1) is 16.4. The number of nitrogens with one attached hydrogen (secondary N) is 2. The van der Waals surface area contributed by atoms with E-state index in [1.807, 2.05) is 0 Å². The molecule has 1 fully saturated rings. The molecule has 1 aromatic rings. The third-order valence-corrected chi connectivity index (χ3v) is 4.15. The van der Waals surface area contributed by atoms with Gasteiger partial charge in [0.25, 0.3) is 11.6 Å². The fraction of sp³-hybridized carbons (Fsp3) is 0.533. The maximum Gasteiger partial charge on any atom is 0.273 e. The largest absolute Gasteiger partial charge is 0.350 e. The zero-order valence-corrected chi connectivity index (χ0v) is 12.7. The average molecular weight is 309 g/mol. The lowest BCUT2D eigenvalue weighted by Gasteiger charge is -2.39. The van der Waals surface area contributed by atoms with Crippen LogP contribution in [-0.2, 0) is 0 Å². The Balaban J connectivity index is 2.05. The molecule has 2 rings (SSSR count). The molecule has 1 aromatic carbocycles. The van der Waals surface area contributed by atoms with Gasteiger partial charge in [-0.05, 0) is 30.9 Å². The molecule has 6 nitrogen and oxygen atoms in total. The number of rotatable bonds is 4. The van der Waals surface area contributed by atoms with E-state index in [1.54, 1.807) is 0 Å². The van der Waals surface area contributed by atoms with Gasteiger partial charge < -0.3 is 10.6 Å². The molecular weight excluding hydrogens is 289 g/mol. The van der Waals surface area contributed by atoms with E-state index in [2.05, 4.69) is 24.5 Å². The molecule has 0 spiro atoms. The molecule has 0 aromatic heterocycles. The molecule has 1 aliphatic rings. The number of nitro benzene ring substituents is 1. The van der Waals surface area contributed by atoms with Crippen LogP contribution in [0.3, 0.4) is 0 Å². The van der Waals surface area contributed by atoms with Crippen LogP contribution in [0.2, 0.25) is 0 Å². The van der Waals surface area contributed by atoms with Crippen molar-refractivity contribution in [3.8, 4) is 0 Å². The molecule has 0 radical (unpaired) electrons. The summed E-state index contributed by atoms with van der Waals surface area (Å²) in [6, 6.07) is 3.00. The van der Waals surface area contributed by atoms with Crippen LogP contribution in [0.1, 0.15) is 37.0 Å². The summed E-state index contributed by atoms with van der Waals surface area (Å²) in [7, 11) is 0. The highest BCUT2D eigenvalue weighted by molar-refractivity contribution is 5.94. The van der Waals surface area contributed by atoms with Crippen LogP contribution >= 0.6 is 0 Å². The predicted molar refractivity (Wildman–Crippen MR) is 80.2 cm³/mol. The average Bonchev–Trinajstić information content (AvgIpc) is 2.44. The number of carbonyl (C=O) groups excluding carboxylic acids is 1. The minimum absolute atomic E-state index is 0.0414. The molecule has 120 valence electrons. The Hall–Kier alpha value is -2.02. The Kier molecular flexibility index (Phi) is 4.75. The van der Waals surface area contributed by atoms with Gasteiger partial charge in [0.1, 0.15) is 5.82 Å². The van der Waals surface area contributed by atoms with Crippen LogP contribution in [0.5, 0.6) is 0 Å². The number of hydrogen-bond acceptors (Lipinski definition) is 4. The normalized spacial score (nSPS) is 20.4. The lowest BCUT2D eigenvalue weighted by molar-refractivity contribution is -0.385. The number of carbonyl (C=O) groups is 1. The predicted octanol–water partition coefficient (Wildman–Crippen LogP) is 2.24. The van der Waals surface area contributed by atoms with E-state index in [1.165, 1.54) is 0 Å². The molecule has 0 saturated carbocycles. The van der Waals surface area contributed by atoms with Crippen LogP contribution in [0.25, 0.3) is 0 Å². The smallest absolute Gasteiger partial charge is 0.273 e. The fourth-order valence-corrected chi connectivity index (χ4v) is 2.73. The van der Waals surface area contributed by atoms with Gasteiger partial charge in [-0.2, -0.15) is 0 Å². The summed E-state index contributed by atoms with van der Waals surface area (Å²) in [5.74, 6) is -1.30. The van der Waals surface area contributed by atoms with Crippen LogP contribution in [-0.4, -0.2) is 30.0 Å². The van der Waals surface area contributed by atoms with E-state index in [0.717, 1.165) is 37.6 Å². The maximum atomic E-state index is 13.4. The summed E-state index contributed by atoms with van der Waals surface area (Å²) in [6.45, 7) is 5.55. The van der Waals surface area contributed by atoms with E-state index in [4.69, 9.17) is 0 Å². The molecule has 1 saturated heterocycles. The Labute approximate surface area is 128 Å². The van der Waals surface area contributed by atoms with Crippen molar-refractivity contribution in [1.29, 1.82) is 0 Å². The minimum Gasteiger partial charge on any atom is -0.350 e. The molecule has 1 atom stereocenters. The highest BCUT2D eigenvalue weighted by Gasteiger charge is 2.32. The zero-order valence-electron chi connectivity index (χ0n) is 12.7. The van der Waals surface area contributed by atoms with Crippen molar-refractivity contribution in [2.75, 3.05) is 13.1 Å². The van der Waals surface area contributed by atoms with Gasteiger partial charge in [-0.25, -0.2) is 4.39 Å². The highest BCUT2D eigenvalue weighted by atomic mass is 19.1. The number of halogens is 1. The van der Waals surface area contributed by atoms with Gasteiger partial charge >= 0.3 is 0 Å². The summed E-state index contributed by atoms with van der Waals surface area (Å²) in [5, 5.41) is 16.8. The van der Waals surface area contributed by atoms with Gasteiger partial charge in [-0.3, -0.25) is 14.9 Å². The second-order valence-corrected chi connectivity index (χ2v) is 6.26. The van der Waals surface area contributed by atoms with Gasteiger partial charge in [-0.1, -0.05) is 13.8 Å². The van der Waals surface area contributed by atoms with E-state index in [0.29, 0.717) is 6.54 Å². The highest BCUT2D eigenvalue weighted by Crippen LogP contribution is 2.29. The van der Waals surface area contributed by atoms with Crippen molar-refractivity contribution in [3.63, 3.8) is 0 Å². The van der Waals surface area contributed by atoms with Crippen molar-refractivity contribution >= 4 is 11.6 Å². The van der Waals surface area contributed by atoms with Crippen LogP contribution in [0.4, 0.5) is 10.1 Å². The first-order chi connectivity index (χ1) is 10.3. The number of benzene rings is 1. The fourth-order valence-electron chi connectivity index (χ4n) is 2.73. The molecule has 0 bridgehead atoms. The van der Waals surface area contributed by atoms with Crippen molar-refractivity contribution in [2.45, 2.75) is 32.7 Å². The first-order valence-corrected chi connectivity index (χ1v) is 7.26. The molecular formula is C15H20FN3O3. The number of hydrogen-bond donors (Lipinski definition) is 2. The van der Waals surface area contributed by atoms with E-state index in [-0.39, 0.29) is 17.0 Å². The number of nitro groups is 1. The third kappa shape index (κ3) is 3.79. The van der Waals surface area contributed by atoms with Crippen LogP contribution in [0.15, 0.2) is 18.2 Å². The molecule has 1 heterocycles. The summed E-state index contributed by atoms with van der Waals surface area (Å²) in [5.41, 5.74) is -0.416. The topological polar surface area (TPSA) is 84.3 Å². The monoisotopic (exact) mass is 309 g/mol. The second kappa shape index (κ2) is 6.39. The summed E-state index contributed by atoms with van der Waals surface area (Å²) in [4.78, 5) is 22.1. The Morgan fingerprint density at radius 2 is 2.23 bits per heavy atom. The van der Waals surface area contributed by atoms with E-state index >= 15 is 0 Å². The van der Waals surface area contributed by atoms with Crippen molar-refractivity contribution in [3.05, 3.63) is 39.7 Å². The SMILES string of the molecule is CC1(C)CCCNC1CNC(=O)c1cc(F)cc([N+](=O)[O-])c1. The minimum atomic E-state index is -0.796. The van der Waals surface area contributed by atoms with Crippen molar-refractivity contribution < 1.29 is 14.1 Å². The summed E-state index contributed by atoms with van der Waals surface area (Å²) < 4.78 is 13.4. The standard InChI is InChI=1S/C15H20FN3O3/c1-15(2)4-3-5-17-13(15)9-18-14(20)10-6-11(16)8-12(7-10)19(21)22/h6-8,13,17H,3-5,9H2,1-2H3,(H,18,20). The Bertz CT molecular complexity index is 589. The number of non-ortho nitro benzene ring substituents is 1. The van der Waals surface area contributed by atoms with Gasteiger partial charge in [0, 0.05) is 24.2 Å². The number of nitrogens with zero attached hydrogens (tertiary/aromatic N) is 1. The molecule has 0 aliphatic carbocycles. The Morgan fingerprint density at radius 3 is 2.86 bits per heavy atom. The third-order valence-electron chi connectivity index (χ3n) is 4.15. The van der Waals surface area contributed by atoms with E-state index < -0.39 is 22.3 Å². The molecule has 1 aliphatic heterocycles. The molecule has 1 amide bonds. The lowest BCUT2D eigenvalue weighted by Crippen LogP contribution is -2.52. The van der Waals surface area contributed by atoms with E-state index in [9.17, 15) is 19.3 Å². The number of piperidine rings is 1. The second-order valence-electron chi connectivity index (χ2n) is 6.26. The summed E-state index contributed by atoms with van der Waals surface area (Å²) in [6.07, 6.45) is 2.15. The van der Waals surface area contributed by atoms with Crippen molar-refractivity contribution in [1.82, 2.24) is 10.6 Å².